The summed E-state index contributed by atoms with van der Waals surface area (Å²) in [6, 6.07) is 0. The van der Waals surface area contributed by atoms with E-state index in [2.05, 4.69) is 26.8 Å². The van der Waals surface area contributed by atoms with Crippen LogP contribution in [0.2, 0.25) is 0 Å². The van der Waals surface area contributed by atoms with Crippen molar-refractivity contribution in [2.24, 2.45) is 23.2 Å². The van der Waals surface area contributed by atoms with E-state index in [1.807, 2.05) is 12.2 Å². The van der Waals surface area contributed by atoms with Gasteiger partial charge in [0.05, 0.1) is 5.60 Å². The maximum Gasteiger partial charge on any atom is 0.136 e. The van der Waals surface area contributed by atoms with Gasteiger partial charge >= 0.3 is 0 Å². The fraction of sp³-hybridized carbons (Fsp3) is 0.750. The van der Waals surface area contributed by atoms with Crippen molar-refractivity contribution in [1.29, 1.82) is 0 Å². The minimum atomic E-state index is -0.759. The minimum Gasteiger partial charge on any atom is -0.386 e. The zero-order chi connectivity index (χ0) is 16.5. The van der Waals surface area contributed by atoms with Gasteiger partial charge in [0.25, 0.3) is 0 Å². The summed E-state index contributed by atoms with van der Waals surface area (Å²) < 4.78 is 0. The lowest BCUT2D eigenvalue weighted by molar-refractivity contribution is -0.124. The average Bonchev–Trinajstić information content (AvgIpc) is 2.65. The second-order valence-corrected chi connectivity index (χ2v) is 8.45. The van der Waals surface area contributed by atoms with Crippen molar-refractivity contribution < 1.29 is 9.90 Å². The molecule has 0 aromatic heterocycles. The van der Waals surface area contributed by atoms with E-state index in [1.54, 1.807) is 13.8 Å². The van der Waals surface area contributed by atoms with Crippen molar-refractivity contribution in [3.8, 4) is 0 Å². The molecule has 0 radical (unpaired) electrons. The van der Waals surface area contributed by atoms with Crippen molar-refractivity contribution >= 4 is 5.78 Å². The van der Waals surface area contributed by atoms with E-state index >= 15 is 0 Å². The van der Waals surface area contributed by atoms with E-state index in [-0.39, 0.29) is 11.3 Å². The fourth-order valence-corrected chi connectivity index (χ4v) is 4.39. The lowest BCUT2D eigenvalue weighted by atomic mass is 9.72. The monoisotopic (exact) mass is 304 g/mol. The van der Waals surface area contributed by atoms with Crippen LogP contribution in [0.3, 0.4) is 0 Å². The molecule has 2 heteroatoms. The van der Waals surface area contributed by atoms with Crippen LogP contribution < -0.4 is 0 Å². The highest BCUT2D eigenvalue weighted by Crippen LogP contribution is 2.55. The van der Waals surface area contributed by atoms with E-state index in [0.717, 1.165) is 12.8 Å². The lowest BCUT2D eigenvalue weighted by Crippen LogP contribution is -2.26. The van der Waals surface area contributed by atoms with Crippen molar-refractivity contribution in [3.05, 3.63) is 23.8 Å². The summed E-state index contributed by atoms with van der Waals surface area (Å²) in [5.41, 5.74) is 0.837. The summed E-state index contributed by atoms with van der Waals surface area (Å²) in [5, 5.41) is 9.77. The lowest BCUT2D eigenvalue weighted by Gasteiger charge is -2.32. The molecular weight excluding hydrogens is 272 g/mol. The third-order valence-electron chi connectivity index (χ3n) is 5.89. The van der Waals surface area contributed by atoms with Gasteiger partial charge in [-0.3, -0.25) is 4.79 Å². The molecule has 0 spiro atoms. The maximum atomic E-state index is 12.3. The molecule has 0 bridgehead atoms. The van der Waals surface area contributed by atoms with E-state index in [0.29, 0.717) is 17.6 Å². The van der Waals surface area contributed by atoms with Crippen LogP contribution in [0.1, 0.15) is 66.7 Å². The fourth-order valence-electron chi connectivity index (χ4n) is 4.39. The van der Waals surface area contributed by atoms with Gasteiger partial charge < -0.3 is 5.11 Å². The van der Waals surface area contributed by atoms with Crippen LogP contribution >= 0.6 is 0 Å². The summed E-state index contributed by atoms with van der Waals surface area (Å²) in [6.07, 6.45) is 11.3. The molecule has 124 valence electrons. The summed E-state index contributed by atoms with van der Waals surface area (Å²) in [6.45, 7) is 10.2. The largest absolute Gasteiger partial charge is 0.386 e. The molecule has 0 amide bonds. The first-order chi connectivity index (χ1) is 10.1. The number of fused-ring (bicyclic) bond motifs is 1. The van der Waals surface area contributed by atoms with Crippen molar-refractivity contribution in [1.82, 2.24) is 0 Å². The summed E-state index contributed by atoms with van der Waals surface area (Å²) >= 11 is 0. The Morgan fingerprint density at radius 3 is 2.64 bits per heavy atom. The van der Waals surface area contributed by atoms with Crippen LogP contribution in [0.25, 0.3) is 0 Å². The zero-order valence-corrected chi connectivity index (χ0v) is 14.9. The number of rotatable bonds is 3. The number of hydrogen-bond acceptors (Lipinski definition) is 2. The Kier molecular flexibility index (Phi) is 5.01. The Labute approximate surface area is 135 Å². The molecule has 2 rings (SSSR count). The molecule has 0 saturated heterocycles. The topological polar surface area (TPSA) is 37.3 Å². The van der Waals surface area contributed by atoms with Crippen LogP contribution in [-0.4, -0.2) is 16.5 Å². The first-order valence-electron chi connectivity index (χ1n) is 8.73. The van der Waals surface area contributed by atoms with Gasteiger partial charge in [0.15, 0.2) is 0 Å². The first kappa shape index (κ1) is 17.5. The molecule has 0 aromatic rings. The molecule has 0 aromatic carbocycles. The van der Waals surface area contributed by atoms with Gasteiger partial charge in [-0.1, -0.05) is 37.6 Å². The second kappa shape index (κ2) is 6.31. The number of allylic oxidation sites excluding steroid dienone is 3. The molecule has 22 heavy (non-hydrogen) atoms. The molecule has 2 nitrogen and oxygen atoms in total. The molecule has 4 unspecified atom stereocenters. The van der Waals surface area contributed by atoms with Crippen LogP contribution in [0.5, 0.6) is 0 Å². The van der Waals surface area contributed by atoms with Gasteiger partial charge in [-0.25, -0.2) is 0 Å². The van der Waals surface area contributed by atoms with E-state index in [9.17, 15) is 9.90 Å². The average molecular weight is 304 g/mol. The molecular formula is C20H32O2. The van der Waals surface area contributed by atoms with Gasteiger partial charge in [0.1, 0.15) is 5.78 Å². The van der Waals surface area contributed by atoms with Crippen molar-refractivity contribution in [2.45, 2.75) is 72.3 Å². The quantitative estimate of drug-likeness (QED) is 0.769. The number of carbonyl (C=O) groups is 1. The number of ketones is 1. The maximum absolute atomic E-state index is 12.3. The van der Waals surface area contributed by atoms with Crippen molar-refractivity contribution in [2.75, 3.05) is 0 Å². The Morgan fingerprint density at radius 1 is 1.32 bits per heavy atom. The van der Waals surface area contributed by atoms with E-state index in [1.165, 1.54) is 24.8 Å². The highest BCUT2D eigenvalue weighted by molar-refractivity contribution is 5.81. The Balaban J connectivity index is 2.15. The molecule has 4 atom stereocenters. The second-order valence-electron chi connectivity index (χ2n) is 8.45. The zero-order valence-electron chi connectivity index (χ0n) is 14.9. The van der Waals surface area contributed by atoms with Gasteiger partial charge in [-0.2, -0.15) is 0 Å². The molecule has 2 fully saturated rings. The molecule has 1 N–H and O–H groups in total. The summed E-state index contributed by atoms with van der Waals surface area (Å²) in [5.74, 6) is 1.93. The minimum absolute atomic E-state index is 0.196. The van der Waals surface area contributed by atoms with Crippen LogP contribution in [0, 0.1) is 23.2 Å². The highest BCUT2D eigenvalue weighted by Gasteiger charge is 2.48. The predicted molar refractivity (Wildman–Crippen MR) is 91.5 cm³/mol. The van der Waals surface area contributed by atoms with Crippen LogP contribution in [0.4, 0.5) is 0 Å². The normalized spacial score (nSPS) is 37.5. The molecule has 0 heterocycles. The third-order valence-corrected chi connectivity index (χ3v) is 5.89. The standard InChI is InChI=1S/C20H32O2/c1-14(7-6-11-19(3,4)22)16-10-12-20(5)13-18(21)15(2)8-9-17(16)20/h6-7,11,15-17,22H,8-10,12-13H2,1-5H3. The van der Waals surface area contributed by atoms with Gasteiger partial charge in [0, 0.05) is 12.3 Å². The van der Waals surface area contributed by atoms with Crippen LogP contribution in [-0.2, 0) is 4.79 Å². The van der Waals surface area contributed by atoms with Gasteiger partial charge in [-0.05, 0) is 63.7 Å². The Hall–Kier alpha value is -0.890. The number of Topliss-reactive ketones (excluding diaryl/α,β-unsaturated/α-hetero) is 1. The van der Waals surface area contributed by atoms with Crippen molar-refractivity contribution in [3.63, 3.8) is 0 Å². The number of aliphatic hydroxyl groups is 1. The smallest absolute Gasteiger partial charge is 0.136 e. The predicted octanol–water partition coefficient (Wildman–Crippen LogP) is 4.68. The first-order valence-corrected chi connectivity index (χ1v) is 8.73. The Bertz CT molecular complexity index is 480. The van der Waals surface area contributed by atoms with Gasteiger partial charge in [0.2, 0.25) is 0 Å². The van der Waals surface area contributed by atoms with Crippen LogP contribution in [0.15, 0.2) is 23.8 Å². The third kappa shape index (κ3) is 3.90. The van der Waals surface area contributed by atoms with E-state index in [4.69, 9.17) is 0 Å². The molecule has 2 aliphatic carbocycles. The SMILES string of the molecule is CC(=CC=CC(C)(C)O)C1CCC2(C)CC(=O)C(C)CCC12. The number of hydrogen-bond donors (Lipinski definition) is 1. The molecule has 2 aliphatic rings. The highest BCUT2D eigenvalue weighted by atomic mass is 16.3. The van der Waals surface area contributed by atoms with E-state index < -0.39 is 5.60 Å². The summed E-state index contributed by atoms with van der Waals surface area (Å²) in [4.78, 5) is 12.3. The Morgan fingerprint density at radius 2 is 2.00 bits per heavy atom. The molecule has 0 aliphatic heterocycles. The van der Waals surface area contributed by atoms with Gasteiger partial charge in [-0.15, -0.1) is 0 Å². The summed E-state index contributed by atoms with van der Waals surface area (Å²) in [7, 11) is 0. The number of carbonyl (C=O) groups excluding carboxylic acids is 1. The molecule has 2 saturated carbocycles.